The zero-order chi connectivity index (χ0) is 25.1. The van der Waals surface area contributed by atoms with Crippen LogP contribution in [0.2, 0.25) is 0 Å². The lowest BCUT2D eigenvalue weighted by Crippen LogP contribution is -2.51. The van der Waals surface area contributed by atoms with Crippen molar-refractivity contribution in [2.45, 2.75) is 63.2 Å². The highest BCUT2D eigenvalue weighted by atomic mass is 32.2. The third-order valence-corrected chi connectivity index (χ3v) is 7.51. The minimum absolute atomic E-state index is 0.0464. The normalized spacial score (nSPS) is 20.0. The highest BCUT2D eigenvalue weighted by Gasteiger charge is 2.36. The monoisotopic (exact) mass is 492 g/mol. The second-order valence-electron chi connectivity index (χ2n) is 9.89. The van der Waals surface area contributed by atoms with E-state index in [4.69, 9.17) is 4.74 Å². The Hall–Kier alpha value is -2.49. The fraction of sp³-hybridized carbons (Fsp3) is 0.480. The Morgan fingerprint density at radius 1 is 1.24 bits per heavy atom. The second-order valence-corrected chi connectivity index (χ2v) is 11.8. The number of rotatable bonds is 6. The summed E-state index contributed by atoms with van der Waals surface area (Å²) < 4.78 is 47.1. The molecule has 1 heterocycles. The van der Waals surface area contributed by atoms with Gasteiger partial charge in [0.2, 0.25) is 10.0 Å². The summed E-state index contributed by atoms with van der Waals surface area (Å²) in [7, 11) is -3.96. The molecule has 3 rings (SSSR count). The molecule has 2 N–H and O–H groups in total. The van der Waals surface area contributed by atoms with Gasteiger partial charge in [0.1, 0.15) is 11.4 Å². The fourth-order valence-electron chi connectivity index (χ4n) is 4.10. The molecule has 2 aromatic rings. The van der Waals surface area contributed by atoms with E-state index in [-0.39, 0.29) is 30.3 Å². The lowest BCUT2D eigenvalue weighted by atomic mass is 9.99. The smallest absolute Gasteiger partial charge is 0.407 e. The van der Waals surface area contributed by atoms with E-state index >= 15 is 0 Å². The number of carbonyl (C=O) groups excluding carboxylic acids is 1. The molecule has 1 amide bonds. The van der Waals surface area contributed by atoms with Gasteiger partial charge in [-0.15, -0.1) is 0 Å². The van der Waals surface area contributed by atoms with Crippen LogP contribution in [0.5, 0.6) is 0 Å². The molecule has 3 atom stereocenters. The van der Waals surface area contributed by atoms with E-state index in [1.807, 2.05) is 37.3 Å². The van der Waals surface area contributed by atoms with Gasteiger partial charge in [0.15, 0.2) is 0 Å². The summed E-state index contributed by atoms with van der Waals surface area (Å²) in [4.78, 5) is 12.5. The average Bonchev–Trinajstić information content (AvgIpc) is 2.80. The second kappa shape index (κ2) is 10.4. The lowest BCUT2D eigenvalue weighted by Gasteiger charge is -2.30. The molecule has 186 valence electrons. The molecule has 0 fully saturated rings. The summed E-state index contributed by atoms with van der Waals surface area (Å²) in [6.45, 7) is 7.04. The van der Waals surface area contributed by atoms with E-state index in [1.165, 1.54) is 16.4 Å². The number of nitrogens with one attached hydrogen (secondary N) is 1. The minimum Gasteiger partial charge on any atom is -0.444 e. The summed E-state index contributed by atoms with van der Waals surface area (Å²) in [6.07, 6.45) is -1.22. The van der Waals surface area contributed by atoms with Crippen molar-refractivity contribution in [3.8, 4) is 0 Å². The van der Waals surface area contributed by atoms with Gasteiger partial charge in [-0.25, -0.2) is 17.6 Å². The quantitative estimate of drug-likeness (QED) is 0.644. The summed E-state index contributed by atoms with van der Waals surface area (Å²) in [5.74, 6) is -0.574. The zero-order valence-corrected chi connectivity index (χ0v) is 20.8. The van der Waals surface area contributed by atoms with E-state index in [0.29, 0.717) is 12.0 Å². The van der Waals surface area contributed by atoms with Crippen LogP contribution in [0.4, 0.5) is 9.18 Å². The van der Waals surface area contributed by atoms with Crippen LogP contribution in [-0.2, 0) is 27.6 Å². The molecule has 1 aliphatic heterocycles. The van der Waals surface area contributed by atoms with E-state index in [2.05, 4.69) is 5.32 Å². The van der Waals surface area contributed by atoms with E-state index in [0.717, 1.165) is 11.6 Å². The Morgan fingerprint density at radius 2 is 1.91 bits per heavy atom. The van der Waals surface area contributed by atoms with Crippen molar-refractivity contribution < 1.29 is 27.4 Å². The highest BCUT2D eigenvalue weighted by molar-refractivity contribution is 7.89. The maximum atomic E-state index is 13.8. The first-order chi connectivity index (χ1) is 15.8. The van der Waals surface area contributed by atoms with Crippen molar-refractivity contribution in [2.75, 3.05) is 13.1 Å². The molecule has 34 heavy (non-hydrogen) atoms. The van der Waals surface area contributed by atoms with E-state index in [1.54, 1.807) is 20.8 Å². The molecule has 1 aliphatic rings. The molecule has 2 aromatic carbocycles. The van der Waals surface area contributed by atoms with E-state index in [9.17, 15) is 22.7 Å². The van der Waals surface area contributed by atoms with Crippen LogP contribution in [-0.4, -0.2) is 54.8 Å². The van der Waals surface area contributed by atoms with Crippen molar-refractivity contribution in [3.05, 3.63) is 65.5 Å². The van der Waals surface area contributed by atoms with E-state index < -0.39 is 39.7 Å². The van der Waals surface area contributed by atoms with Crippen molar-refractivity contribution in [1.82, 2.24) is 9.62 Å². The third kappa shape index (κ3) is 6.77. The molecule has 0 unspecified atom stereocenters. The topological polar surface area (TPSA) is 95.9 Å². The van der Waals surface area contributed by atoms with Crippen LogP contribution < -0.4 is 5.32 Å². The van der Waals surface area contributed by atoms with Gasteiger partial charge in [-0.1, -0.05) is 37.3 Å². The Bertz CT molecular complexity index is 1100. The Morgan fingerprint density at radius 3 is 2.56 bits per heavy atom. The summed E-state index contributed by atoms with van der Waals surface area (Å²) in [5.41, 5.74) is 0.572. The van der Waals surface area contributed by atoms with Crippen LogP contribution in [0.1, 0.15) is 38.8 Å². The Balaban J connectivity index is 1.85. The summed E-state index contributed by atoms with van der Waals surface area (Å²) >= 11 is 0. The van der Waals surface area contributed by atoms with Gasteiger partial charge in [0.25, 0.3) is 0 Å². The molecular formula is C25H33FN2O5S. The van der Waals surface area contributed by atoms with Gasteiger partial charge >= 0.3 is 6.09 Å². The molecule has 0 radical (unpaired) electrons. The van der Waals surface area contributed by atoms with Gasteiger partial charge in [0.05, 0.1) is 17.0 Å². The number of carbonyl (C=O) groups is 1. The van der Waals surface area contributed by atoms with Crippen molar-refractivity contribution in [2.24, 2.45) is 5.92 Å². The zero-order valence-electron chi connectivity index (χ0n) is 20.0. The van der Waals surface area contributed by atoms with Gasteiger partial charge in [0, 0.05) is 13.1 Å². The maximum Gasteiger partial charge on any atom is 0.407 e. The van der Waals surface area contributed by atoms with Crippen LogP contribution in [0.3, 0.4) is 0 Å². The minimum atomic E-state index is -3.96. The predicted octanol–water partition coefficient (Wildman–Crippen LogP) is 3.51. The van der Waals surface area contributed by atoms with Crippen molar-refractivity contribution in [3.63, 3.8) is 0 Å². The molecule has 0 aliphatic carbocycles. The number of sulfonamides is 1. The number of aliphatic hydroxyl groups excluding tert-OH is 1. The molecular weight excluding hydrogens is 459 g/mol. The molecule has 0 saturated carbocycles. The number of nitrogens with zero attached hydrogens (tertiary/aromatic N) is 1. The fourth-order valence-corrected chi connectivity index (χ4v) is 5.89. The van der Waals surface area contributed by atoms with Crippen molar-refractivity contribution >= 4 is 16.1 Å². The average molecular weight is 493 g/mol. The van der Waals surface area contributed by atoms with Crippen LogP contribution in [0.25, 0.3) is 0 Å². The van der Waals surface area contributed by atoms with Crippen molar-refractivity contribution in [1.29, 1.82) is 0 Å². The highest BCUT2D eigenvalue weighted by Crippen LogP contribution is 2.29. The first-order valence-electron chi connectivity index (χ1n) is 11.4. The molecule has 0 bridgehead atoms. The molecule has 0 saturated heterocycles. The van der Waals surface area contributed by atoms with Crippen LogP contribution in [0.15, 0.2) is 53.4 Å². The Kier molecular flexibility index (Phi) is 8.00. The first-order valence-corrected chi connectivity index (χ1v) is 12.8. The molecule has 0 spiro atoms. The number of aliphatic hydroxyl groups is 1. The molecule has 9 heteroatoms. The van der Waals surface area contributed by atoms with Gasteiger partial charge < -0.3 is 15.2 Å². The number of hydrogen-bond donors (Lipinski definition) is 2. The number of β-amino-alcohol motifs (C(OH)–C–C–N with tert-alkyl or cyclic N) is 1. The van der Waals surface area contributed by atoms with Gasteiger partial charge in [-0.05, 0) is 68.9 Å². The Labute approximate surface area is 201 Å². The van der Waals surface area contributed by atoms with Gasteiger partial charge in [-0.3, -0.25) is 0 Å². The number of ether oxygens (including phenoxy) is 1. The predicted molar refractivity (Wildman–Crippen MR) is 127 cm³/mol. The SMILES string of the molecule is C[C@H]1Cc2cc(F)ccc2S(=O)(=O)N(C[C@@H](O)[C@H](Cc2ccccc2)NC(=O)OC(C)(C)C)C1. The standard InChI is InChI=1S/C25H33FN2O5S/c1-17-12-19-14-20(26)10-11-23(19)34(31,32)28(15-17)16-22(29)21(13-18-8-6-5-7-9-18)27-24(30)33-25(2,3)4/h5-11,14,17,21-22,29H,12-13,15-16H2,1-4H3,(H,27,30)/t17-,21-,22+/m0/s1. The van der Waals surface area contributed by atoms with Crippen LogP contribution in [0, 0.1) is 11.7 Å². The summed E-state index contributed by atoms with van der Waals surface area (Å²) in [6, 6.07) is 12.2. The van der Waals surface area contributed by atoms with Crippen LogP contribution >= 0.6 is 0 Å². The van der Waals surface area contributed by atoms with Gasteiger partial charge in [-0.2, -0.15) is 4.31 Å². The summed E-state index contributed by atoms with van der Waals surface area (Å²) in [5, 5.41) is 13.8. The number of amides is 1. The molecule has 0 aromatic heterocycles. The number of hydrogen-bond acceptors (Lipinski definition) is 5. The number of fused-ring (bicyclic) bond motifs is 1. The largest absolute Gasteiger partial charge is 0.444 e. The lowest BCUT2D eigenvalue weighted by molar-refractivity contribution is 0.0400. The molecule has 7 nitrogen and oxygen atoms in total. The number of benzene rings is 2. The number of alkyl carbamates (subject to hydrolysis) is 1. The third-order valence-electron chi connectivity index (χ3n) is 5.58. The maximum absolute atomic E-state index is 13.8. The number of halogens is 1. The first kappa shape index (κ1) is 26.1.